The lowest BCUT2D eigenvalue weighted by Gasteiger charge is -2.13. The predicted octanol–water partition coefficient (Wildman–Crippen LogP) is 4.79. The molecule has 9 heteroatoms. The van der Waals surface area contributed by atoms with Gasteiger partial charge in [0.25, 0.3) is 5.22 Å². The number of halogens is 3. The molecule has 0 saturated carbocycles. The maximum Gasteiger partial charge on any atom is 0.418 e. The number of nitrogens with one attached hydrogen (secondary N) is 1. The highest BCUT2D eigenvalue weighted by Crippen LogP contribution is 2.34. The van der Waals surface area contributed by atoms with Crippen molar-refractivity contribution in [2.24, 2.45) is 0 Å². The minimum atomic E-state index is -4.55. The van der Waals surface area contributed by atoms with E-state index in [4.69, 9.17) is 4.52 Å². The van der Waals surface area contributed by atoms with E-state index in [9.17, 15) is 18.0 Å². The molecule has 140 valence electrons. The topological polar surface area (TPSA) is 68.0 Å². The Balaban J connectivity index is 1.61. The van der Waals surface area contributed by atoms with Crippen LogP contribution < -0.4 is 5.32 Å². The van der Waals surface area contributed by atoms with Crippen molar-refractivity contribution in [2.75, 3.05) is 11.1 Å². The molecule has 1 aromatic heterocycles. The molecule has 3 aromatic rings. The Morgan fingerprint density at radius 3 is 2.56 bits per heavy atom. The van der Waals surface area contributed by atoms with Gasteiger partial charge in [-0.05, 0) is 19.1 Å². The first-order valence-electron chi connectivity index (χ1n) is 7.82. The molecule has 0 aliphatic heterocycles. The van der Waals surface area contributed by atoms with E-state index in [1.807, 2.05) is 31.2 Å². The van der Waals surface area contributed by atoms with Crippen LogP contribution in [0.25, 0.3) is 11.4 Å². The number of carbonyl (C=O) groups is 1. The number of para-hydroxylation sites is 1. The molecule has 1 amide bonds. The molecule has 0 aliphatic carbocycles. The van der Waals surface area contributed by atoms with Crippen molar-refractivity contribution in [3.8, 4) is 11.4 Å². The van der Waals surface area contributed by atoms with Crippen molar-refractivity contribution in [1.29, 1.82) is 0 Å². The molecule has 0 atom stereocenters. The number of hydrogen-bond acceptors (Lipinski definition) is 5. The van der Waals surface area contributed by atoms with Crippen LogP contribution in [0.5, 0.6) is 0 Å². The summed E-state index contributed by atoms with van der Waals surface area (Å²) >= 11 is 0.946. The van der Waals surface area contributed by atoms with Gasteiger partial charge in [0.1, 0.15) is 0 Å². The van der Waals surface area contributed by atoms with Gasteiger partial charge < -0.3 is 9.84 Å². The zero-order chi connectivity index (χ0) is 19.4. The van der Waals surface area contributed by atoms with Crippen LogP contribution in [0.1, 0.15) is 11.1 Å². The van der Waals surface area contributed by atoms with E-state index >= 15 is 0 Å². The summed E-state index contributed by atoms with van der Waals surface area (Å²) in [6.07, 6.45) is -4.55. The van der Waals surface area contributed by atoms with E-state index in [2.05, 4.69) is 15.5 Å². The summed E-state index contributed by atoms with van der Waals surface area (Å²) in [6.45, 7) is 1.96. The standard InChI is InChI=1S/C18H14F3N3O2S/c1-11-6-8-12(9-7-11)16-23-17(26-24-16)27-10-15(25)22-14-5-3-2-4-13(14)18(19,20)21/h2-9H,10H2,1H3,(H,22,25). The first-order chi connectivity index (χ1) is 12.8. The summed E-state index contributed by atoms with van der Waals surface area (Å²) in [6, 6.07) is 12.3. The average Bonchev–Trinajstić information content (AvgIpc) is 3.09. The summed E-state index contributed by atoms with van der Waals surface area (Å²) in [5.41, 5.74) is 0.664. The van der Waals surface area contributed by atoms with Crippen molar-refractivity contribution in [3.05, 3.63) is 59.7 Å². The molecule has 1 heterocycles. The number of aromatic nitrogens is 2. The van der Waals surface area contributed by atoms with E-state index in [-0.39, 0.29) is 16.7 Å². The quantitative estimate of drug-likeness (QED) is 0.631. The molecule has 1 N–H and O–H groups in total. The predicted molar refractivity (Wildman–Crippen MR) is 95.3 cm³/mol. The maximum absolute atomic E-state index is 12.9. The first kappa shape index (κ1) is 19.0. The normalized spacial score (nSPS) is 11.4. The molecule has 5 nitrogen and oxygen atoms in total. The Labute approximate surface area is 157 Å². The number of amides is 1. The summed E-state index contributed by atoms with van der Waals surface area (Å²) in [7, 11) is 0. The molecule has 0 aliphatic rings. The first-order valence-corrected chi connectivity index (χ1v) is 8.81. The second-order valence-corrected chi connectivity index (χ2v) is 6.56. The summed E-state index contributed by atoms with van der Waals surface area (Å²) < 4.78 is 43.9. The van der Waals surface area contributed by atoms with Gasteiger partial charge >= 0.3 is 6.18 Å². The van der Waals surface area contributed by atoms with E-state index < -0.39 is 17.6 Å². The van der Waals surface area contributed by atoms with Crippen molar-refractivity contribution < 1.29 is 22.5 Å². The fraction of sp³-hybridized carbons (Fsp3) is 0.167. The third-order valence-electron chi connectivity index (χ3n) is 3.55. The fourth-order valence-corrected chi connectivity index (χ4v) is 2.81. The highest BCUT2D eigenvalue weighted by atomic mass is 32.2. The lowest BCUT2D eigenvalue weighted by atomic mass is 10.1. The van der Waals surface area contributed by atoms with Crippen LogP contribution in [0, 0.1) is 6.92 Å². The van der Waals surface area contributed by atoms with Gasteiger partial charge in [0.2, 0.25) is 11.7 Å². The van der Waals surface area contributed by atoms with Gasteiger partial charge in [0.15, 0.2) is 0 Å². The largest absolute Gasteiger partial charge is 0.418 e. The number of anilines is 1. The molecule has 0 saturated heterocycles. The smallest absolute Gasteiger partial charge is 0.327 e. The molecule has 0 bridgehead atoms. The number of thioether (sulfide) groups is 1. The molecule has 0 fully saturated rings. The molecule has 3 rings (SSSR count). The van der Waals surface area contributed by atoms with E-state index in [1.54, 1.807) is 0 Å². The number of rotatable bonds is 5. The van der Waals surface area contributed by atoms with Crippen molar-refractivity contribution in [1.82, 2.24) is 10.1 Å². The van der Waals surface area contributed by atoms with E-state index in [0.717, 1.165) is 29.0 Å². The van der Waals surface area contributed by atoms with Crippen molar-refractivity contribution in [2.45, 2.75) is 18.3 Å². The van der Waals surface area contributed by atoms with Crippen LogP contribution in [0.4, 0.5) is 18.9 Å². The molecule has 2 aromatic carbocycles. The Morgan fingerprint density at radius 2 is 1.85 bits per heavy atom. The lowest BCUT2D eigenvalue weighted by Crippen LogP contribution is -2.18. The second kappa shape index (κ2) is 7.83. The van der Waals surface area contributed by atoms with Crippen LogP contribution in [-0.4, -0.2) is 21.8 Å². The number of aryl methyl sites for hydroxylation is 1. The third-order valence-corrected chi connectivity index (χ3v) is 4.37. The average molecular weight is 393 g/mol. The van der Waals surface area contributed by atoms with Gasteiger partial charge in [-0.1, -0.05) is 58.9 Å². The van der Waals surface area contributed by atoms with Crippen LogP contribution in [-0.2, 0) is 11.0 Å². The van der Waals surface area contributed by atoms with E-state index in [1.165, 1.54) is 18.2 Å². The number of benzene rings is 2. The minimum absolute atomic E-state index is 0.157. The summed E-state index contributed by atoms with van der Waals surface area (Å²) in [5, 5.41) is 6.26. The Bertz CT molecular complexity index is 940. The highest BCUT2D eigenvalue weighted by Gasteiger charge is 2.33. The van der Waals surface area contributed by atoms with Gasteiger partial charge in [-0.2, -0.15) is 18.2 Å². The zero-order valence-corrected chi connectivity index (χ0v) is 14.9. The SMILES string of the molecule is Cc1ccc(-c2noc(SCC(=O)Nc3ccccc3C(F)(F)F)n2)cc1. The fourth-order valence-electron chi connectivity index (χ4n) is 2.24. The minimum Gasteiger partial charge on any atom is -0.327 e. The van der Waals surface area contributed by atoms with Gasteiger partial charge in [-0.15, -0.1) is 0 Å². The van der Waals surface area contributed by atoms with Crippen LogP contribution >= 0.6 is 11.8 Å². The molecule has 0 unspecified atom stereocenters. The van der Waals surface area contributed by atoms with Gasteiger partial charge in [0, 0.05) is 5.56 Å². The Kier molecular flexibility index (Phi) is 5.50. The molecule has 27 heavy (non-hydrogen) atoms. The van der Waals surface area contributed by atoms with Gasteiger partial charge in [-0.25, -0.2) is 0 Å². The molecular formula is C18H14F3N3O2S. The number of alkyl halides is 3. The monoisotopic (exact) mass is 393 g/mol. The number of carbonyl (C=O) groups excluding carboxylic acids is 1. The number of hydrogen-bond donors (Lipinski definition) is 1. The Morgan fingerprint density at radius 1 is 1.15 bits per heavy atom. The number of nitrogens with zero attached hydrogens (tertiary/aromatic N) is 2. The van der Waals surface area contributed by atoms with Gasteiger partial charge in [0.05, 0.1) is 17.0 Å². The highest BCUT2D eigenvalue weighted by molar-refractivity contribution is 7.99. The summed E-state index contributed by atoms with van der Waals surface area (Å²) in [4.78, 5) is 16.2. The zero-order valence-electron chi connectivity index (χ0n) is 14.1. The summed E-state index contributed by atoms with van der Waals surface area (Å²) in [5.74, 6) is -0.394. The van der Waals surface area contributed by atoms with Crippen LogP contribution in [0.15, 0.2) is 58.3 Å². The second-order valence-electron chi connectivity index (χ2n) is 5.63. The van der Waals surface area contributed by atoms with Crippen LogP contribution in [0.2, 0.25) is 0 Å². The van der Waals surface area contributed by atoms with Gasteiger partial charge in [-0.3, -0.25) is 4.79 Å². The van der Waals surface area contributed by atoms with Crippen molar-refractivity contribution in [3.63, 3.8) is 0 Å². The maximum atomic E-state index is 12.9. The molecule has 0 spiro atoms. The van der Waals surface area contributed by atoms with Crippen LogP contribution in [0.3, 0.4) is 0 Å². The molecular weight excluding hydrogens is 379 g/mol. The van der Waals surface area contributed by atoms with E-state index in [0.29, 0.717) is 5.82 Å². The third kappa shape index (κ3) is 4.88. The molecule has 0 radical (unpaired) electrons. The Hall–Kier alpha value is -2.81. The lowest BCUT2D eigenvalue weighted by molar-refractivity contribution is -0.137. The van der Waals surface area contributed by atoms with Crippen molar-refractivity contribution >= 4 is 23.4 Å².